The molecule has 1 aromatic heterocycles. The number of carbonyl (C=O) groups excluding carboxylic acids is 1. The first-order chi connectivity index (χ1) is 8.22. The number of amides is 1. The van der Waals surface area contributed by atoms with Crippen molar-refractivity contribution in [3.05, 3.63) is 17.8 Å². The third kappa shape index (κ3) is 3.60. The summed E-state index contributed by atoms with van der Waals surface area (Å²) in [6, 6.07) is 3.38. The molecule has 2 N–H and O–H groups in total. The second-order valence-electron chi connectivity index (χ2n) is 3.25. The molecule has 6 heteroatoms. The maximum absolute atomic E-state index is 11.7. The molecule has 17 heavy (non-hydrogen) atoms. The summed E-state index contributed by atoms with van der Waals surface area (Å²) >= 11 is 0. The van der Waals surface area contributed by atoms with E-state index < -0.39 is 0 Å². The molecule has 6 nitrogen and oxygen atoms in total. The Morgan fingerprint density at radius 3 is 2.76 bits per heavy atom. The van der Waals surface area contributed by atoms with Gasteiger partial charge < -0.3 is 20.1 Å². The van der Waals surface area contributed by atoms with Crippen LogP contribution in [0.2, 0.25) is 0 Å². The summed E-state index contributed by atoms with van der Waals surface area (Å²) in [4.78, 5) is 15.8. The Labute approximate surface area is 100 Å². The highest BCUT2D eigenvalue weighted by atomic mass is 16.5. The number of aromatic nitrogens is 1. The second kappa shape index (κ2) is 6.70. The van der Waals surface area contributed by atoms with Crippen molar-refractivity contribution in [2.24, 2.45) is 0 Å². The molecule has 0 bridgehead atoms. The Morgan fingerprint density at radius 1 is 1.41 bits per heavy atom. The molecule has 1 aromatic rings. The van der Waals surface area contributed by atoms with Gasteiger partial charge in [-0.25, -0.2) is 4.98 Å². The third-order valence-corrected chi connectivity index (χ3v) is 2.15. The molecule has 0 atom stereocenters. The van der Waals surface area contributed by atoms with E-state index in [-0.39, 0.29) is 5.91 Å². The second-order valence-corrected chi connectivity index (χ2v) is 3.25. The quantitative estimate of drug-likeness (QED) is 0.708. The van der Waals surface area contributed by atoms with Gasteiger partial charge in [-0.05, 0) is 12.1 Å². The first kappa shape index (κ1) is 13.2. The van der Waals surface area contributed by atoms with E-state index in [4.69, 9.17) is 9.47 Å². The van der Waals surface area contributed by atoms with E-state index in [9.17, 15) is 4.79 Å². The highest BCUT2D eigenvalue weighted by Gasteiger charge is 2.10. The van der Waals surface area contributed by atoms with Gasteiger partial charge in [-0.1, -0.05) is 0 Å². The molecule has 0 aliphatic carbocycles. The number of rotatable bonds is 6. The van der Waals surface area contributed by atoms with E-state index in [1.807, 2.05) is 0 Å². The van der Waals surface area contributed by atoms with Crippen LogP contribution in [-0.4, -0.2) is 45.3 Å². The molecule has 0 radical (unpaired) electrons. The van der Waals surface area contributed by atoms with Crippen molar-refractivity contribution in [3.8, 4) is 5.88 Å². The molecule has 0 aliphatic heterocycles. The van der Waals surface area contributed by atoms with Crippen LogP contribution in [0.25, 0.3) is 0 Å². The van der Waals surface area contributed by atoms with E-state index in [1.54, 1.807) is 26.3 Å². The largest absolute Gasteiger partial charge is 0.480 e. The lowest BCUT2D eigenvalue weighted by Crippen LogP contribution is -2.27. The number of carbonyl (C=O) groups is 1. The summed E-state index contributed by atoms with van der Waals surface area (Å²) in [6.45, 7) is 0.921. The summed E-state index contributed by atoms with van der Waals surface area (Å²) in [5.74, 6) is 0.148. The number of methoxy groups -OCH3 is 2. The zero-order chi connectivity index (χ0) is 12.7. The summed E-state index contributed by atoms with van der Waals surface area (Å²) in [6.07, 6.45) is 0. The topological polar surface area (TPSA) is 72.5 Å². The Kier molecular flexibility index (Phi) is 5.22. The van der Waals surface area contributed by atoms with E-state index in [0.29, 0.717) is 24.7 Å². The lowest BCUT2D eigenvalue weighted by molar-refractivity contribution is 0.0931. The molecule has 0 unspecified atom stereocenters. The summed E-state index contributed by atoms with van der Waals surface area (Å²) in [7, 11) is 4.85. The predicted molar refractivity (Wildman–Crippen MR) is 64.5 cm³/mol. The van der Waals surface area contributed by atoms with Gasteiger partial charge in [-0.3, -0.25) is 4.79 Å². The molecule has 0 spiro atoms. The normalized spacial score (nSPS) is 9.82. The van der Waals surface area contributed by atoms with Gasteiger partial charge >= 0.3 is 0 Å². The number of nitrogens with zero attached hydrogens (tertiary/aromatic N) is 1. The molecule has 1 amide bonds. The van der Waals surface area contributed by atoms with Gasteiger partial charge in [0.1, 0.15) is 5.69 Å². The fourth-order valence-corrected chi connectivity index (χ4v) is 1.27. The molecular weight excluding hydrogens is 222 g/mol. The zero-order valence-corrected chi connectivity index (χ0v) is 10.2. The minimum Gasteiger partial charge on any atom is -0.480 e. The van der Waals surface area contributed by atoms with Gasteiger partial charge in [0, 0.05) is 20.7 Å². The van der Waals surface area contributed by atoms with Gasteiger partial charge in [-0.2, -0.15) is 0 Å². The SMILES string of the molecule is CNc1ccc(C(=O)NCCOC)nc1OC. The first-order valence-electron chi connectivity index (χ1n) is 5.22. The highest BCUT2D eigenvalue weighted by Crippen LogP contribution is 2.20. The standard InChI is InChI=1S/C11H17N3O3/c1-12-9-5-4-8(14-11(9)17-3)10(15)13-6-7-16-2/h4-5,12H,6-7H2,1-3H3,(H,13,15). The first-order valence-corrected chi connectivity index (χ1v) is 5.22. The minimum atomic E-state index is -0.247. The Hall–Kier alpha value is -1.82. The number of pyridine rings is 1. The lowest BCUT2D eigenvalue weighted by atomic mass is 10.3. The lowest BCUT2D eigenvalue weighted by Gasteiger charge is -2.09. The highest BCUT2D eigenvalue weighted by molar-refractivity contribution is 5.92. The average Bonchev–Trinajstić information content (AvgIpc) is 2.38. The Balaban J connectivity index is 2.74. The fourth-order valence-electron chi connectivity index (χ4n) is 1.27. The van der Waals surface area contributed by atoms with Crippen LogP contribution in [0, 0.1) is 0 Å². The third-order valence-electron chi connectivity index (χ3n) is 2.15. The van der Waals surface area contributed by atoms with Crippen molar-refractivity contribution in [2.45, 2.75) is 0 Å². The van der Waals surface area contributed by atoms with Crippen molar-refractivity contribution in [3.63, 3.8) is 0 Å². The molecule has 0 fully saturated rings. The molecule has 1 heterocycles. The van der Waals surface area contributed by atoms with Crippen LogP contribution in [0.3, 0.4) is 0 Å². The fraction of sp³-hybridized carbons (Fsp3) is 0.455. The van der Waals surface area contributed by atoms with Crippen LogP contribution in [0.1, 0.15) is 10.5 Å². The van der Waals surface area contributed by atoms with Crippen molar-refractivity contribution in [1.29, 1.82) is 0 Å². The van der Waals surface area contributed by atoms with Gasteiger partial charge in [0.15, 0.2) is 0 Å². The molecule has 0 aromatic carbocycles. The summed E-state index contributed by atoms with van der Waals surface area (Å²) < 4.78 is 9.91. The van der Waals surface area contributed by atoms with Crippen LogP contribution in [-0.2, 0) is 4.74 Å². The van der Waals surface area contributed by atoms with Crippen molar-refractivity contribution in [2.75, 3.05) is 39.7 Å². The number of anilines is 1. The Bertz CT molecular complexity index is 382. The monoisotopic (exact) mass is 239 g/mol. The number of ether oxygens (including phenoxy) is 2. The minimum absolute atomic E-state index is 0.247. The van der Waals surface area contributed by atoms with Gasteiger partial charge in [-0.15, -0.1) is 0 Å². The van der Waals surface area contributed by atoms with Crippen molar-refractivity contribution >= 4 is 11.6 Å². The Morgan fingerprint density at radius 2 is 2.18 bits per heavy atom. The van der Waals surface area contributed by atoms with Crippen LogP contribution < -0.4 is 15.4 Å². The van der Waals surface area contributed by atoms with Crippen molar-refractivity contribution < 1.29 is 14.3 Å². The number of nitrogens with one attached hydrogen (secondary N) is 2. The summed E-state index contributed by atoms with van der Waals surface area (Å²) in [5.41, 5.74) is 1.05. The molecule has 94 valence electrons. The van der Waals surface area contributed by atoms with Crippen LogP contribution in [0.5, 0.6) is 5.88 Å². The number of hydrogen-bond acceptors (Lipinski definition) is 5. The van der Waals surface area contributed by atoms with E-state index >= 15 is 0 Å². The van der Waals surface area contributed by atoms with Gasteiger partial charge in [0.2, 0.25) is 5.88 Å². The predicted octanol–water partition coefficient (Wildman–Crippen LogP) is 0.508. The maximum atomic E-state index is 11.7. The maximum Gasteiger partial charge on any atom is 0.270 e. The average molecular weight is 239 g/mol. The molecular formula is C11H17N3O3. The van der Waals surface area contributed by atoms with Crippen LogP contribution in [0.15, 0.2) is 12.1 Å². The van der Waals surface area contributed by atoms with E-state index in [2.05, 4.69) is 15.6 Å². The molecule has 0 saturated carbocycles. The van der Waals surface area contributed by atoms with E-state index in [0.717, 1.165) is 5.69 Å². The smallest absolute Gasteiger partial charge is 0.270 e. The van der Waals surface area contributed by atoms with Crippen LogP contribution >= 0.6 is 0 Å². The van der Waals surface area contributed by atoms with Crippen LogP contribution in [0.4, 0.5) is 5.69 Å². The zero-order valence-electron chi connectivity index (χ0n) is 10.2. The van der Waals surface area contributed by atoms with E-state index in [1.165, 1.54) is 7.11 Å². The number of hydrogen-bond donors (Lipinski definition) is 2. The van der Waals surface area contributed by atoms with Gasteiger partial charge in [0.05, 0.1) is 19.4 Å². The summed E-state index contributed by atoms with van der Waals surface area (Å²) in [5, 5.41) is 5.61. The molecule has 1 rings (SSSR count). The van der Waals surface area contributed by atoms with Gasteiger partial charge in [0.25, 0.3) is 5.91 Å². The van der Waals surface area contributed by atoms with Crippen molar-refractivity contribution in [1.82, 2.24) is 10.3 Å². The molecule has 0 aliphatic rings. The molecule has 0 saturated heterocycles.